The summed E-state index contributed by atoms with van der Waals surface area (Å²) in [5.74, 6) is -0.830. The Balaban J connectivity index is 2.14. The second kappa shape index (κ2) is 7.83. The summed E-state index contributed by atoms with van der Waals surface area (Å²) in [5.41, 5.74) is 1.24. The molecule has 0 aliphatic rings. The number of ether oxygens (including phenoxy) is 1. The number of rotatable bonds is 6. The minimum absolute atomic E-state index is 0.0250. The van der Waals surface area contributed by atoms with Crippen LogP contribution in [0.3, 0.4) is 0 Å². The van der Waals surface area contributed by atoms with Crippen LogP contribution in [-0.4, -0.2) is 27.3 Å². The average Bonchev–Trinajstić information content (AvgIpc) is 2.77. The van der Waals surface area contributed by atoms with Crippen LogP contribution in [0.5, 0.6) is 0 Å². The highest BCUT2D eigenvalue weighted by Crippen LogP contribution is 2.14. The largest absolute Gasteiger partial charge is 0.463 e. The maximum atomic E-state index is 12.7. The summed E-state index contributed by atoms with van der Waals surface area (Å²) in [6.07, 6.45) is -0.280. The van der Waals surface area contributed by atoms with E-state index in [9.17, 15) is 14.4 Å². The van der Waals surface area contributed by atoms with Gasteiger partial charge >= 0.3 is 5.97 Å². The molecule has 0 aliphatic heterocycles. The van der Waals surface area contributed by atoms with Crippen molar-refractivity contribution in [2.45, 2.75) is 39.7 Å². The van der Waals surface area contributed by atoms with Crippen LogP contribution in [0, 0.1) is 6.92 Å². The van der Waals surface area contributed by atoms with Gasteiger partial charge < -0.3 is 10.1 Å². The van der Waals surface area contributed by atoms with Crippen LogP contribution >= 0.6 is 0 Å². The van der Waals surface area contributed by atoms with E-state index in [1.165, 1.54) is 4.68 Å². The molecule has 1 N–H and O–H groups in total. The molecule has 1 amide bonds. The number of carbonyl (C=O) groups is 2. The minimum atomic E-state index is -0.434. The number of nitrogens with zero attached hydrogens (tertiary/aromatic N) is 2. The molecule has 0 unspecified atom stereocenters. The van der Waals surface area contributed by atoms with Crippen LogP contribution in [0.2, 0.25) is 0 Å². The van der Waals surface area contributed by atoms with E-state index in [0.717, 1.165) is 0 Å². The number of hydrogen-bond donors (Lipinski definition) is 1. The van der Waals surface area contributed by atoms with E-state index >= 15 is 0 Å². The highest BCUT2D eigenvalue weighted by Gasteiger charge is 2.18. The average molecular weight is 345 g/mol. The molecule has 0 atom stereocenters. The summed E-state index contributed by atoms with van der Waals surface area (Å²) in [6, 6.07) is 9.16. The molecule has 0 spiro atoms. The van der Waals surface area contributed by atoms with Gasteiger partial charge in [0.25, 0.3) is 5.56 Å². The number of carbonyl (C=O) groups excluding carboxylic acids is 2. The zero-order chi connectivity index (χ0) is 18.6. The smallest absolute Gasteiger partial charge is 0.306 e. The van der Waals surface area contributed by atoms with Crippen molar-refractivity contribution in [1.29, 1.82) is 0 Å². The predicted molar refractivity (Wildman–Crippen MR) is 94.8 cm³/mol. The van der Waals surface area contributed by atoms with Gasteiger partial charge in [-0.2, -0.15) is 0 Å². The van der Waals surface area contributed by atoms with E-state index in [4.69, 9.17) is 4.74 Å². The molecule has 0 bridgehead atoms. The molecule has 2 rings (SSSR count). The summed E-state index contributed by atoms with van der Waals surface area (Å²) in [7, 11) is 1.75. The molecule has 1 heterocycles. The lowest BCUT2D eigenvalue weighted by molar-refractivity contribution is -0.148. The number of hydrogen-bond acceptors (Lipinski definition) is 4. The molecule has 0 saturated carbocycles. The van der Waals surface area contributed by atoms with Gasteiger partial charge in [0.1, 0.15) is 5.69 Å². The Morgan fingerprint density at radius 3 is 2.40 bits per heavy atom. The standard InChI is InChI=1S/C18H23N3O4/c1-12(2)25-16(23)11-10-15(22)19-17-13(3)20(4)21(18(17)24)14-8-6-5-7-9-14/h5-9,12H,10-11H2,1-4H3,(H,19,22). The summed E-state index contributed by atoms with van der Waals surface area (Å²) < 4.78 is 8.16. The second-order valence-electron chi connectivity index (χ2n) is 6.02. The van der Waals surface area contributed by atoms with Gasteiger partial charge in [-0.1, -0.05) is 18.2 Å². The lowest BCUT2D eigenvalue weighted by Crippen LogP contribution is -2.23. The quantitative estimate of drug-likeness (QED) is 0.813. The van der Waals surface area contributed by atoms with Crippen molar-refractivity contribution in [2.24, 2.45) is 7.05 Å². The maximum absolute atomic E-state index is 12.7. The van der Waals surface area contributed by atoms with Crippen molar-refractivity contribution < 1.29 is 14.3 Å². The molecule has 1 aromatic heterocycles. The summed E-state index contributed by atoms with van der Waals surface area (Å²) in [6.45, 7) is 5.25. The Kier molecular flexibility index (Phi) is 5.80. The van der Waals surface area contributed by atoms with Crippen molar-refractivity contribution in [3.8, 4) is 5.69 Å². The number of para-hydroxylation sites is 1. The van der Waals surface area contributed by atoms with Gasteiger partial charge in [0, 0.05) is 13.5 Å². The molecule has 1 aromatic carbocycles. The fourth-order valence-corrected chi connectivity index (χ4v) is 2.45. The van der Waals surface area contributed by atoms with Gasteiger partial charge in [0.05, 0.1) is 23.9 Å². The van der Waals surface area contributed by atoms with Crippen LogP contribution in [0.15, 0.2) is 35.1 Å². The first-order valence-corrected chi connectivity index (χ1v) is 8.14. The minimum Gasteiger partial charge on any atom is -0.463 e. The van der Waals surface area contributed by atoms with Crippen LogP contribution in [0.4, 0.5) is 5.69 Å². The third kappa shape index (κ3) is 4.37. The Morgan fingerprint density at radius 1 is 1.16 bits per heavy atom. The molecule has 0 fully saturated rings. The van der Waals surface area contributed by atoms with E-state index < -0.39 is 11.9 Å². The van der Waals surface area contributed by atoms with Gasteiger partial charge in [-0.25, -0.2) is 4.68 Å². The van der Waals surface area contributed by atoms with Gasteiger partial charge in [-0.15, -0.1) is 0 Å². The number of anilines is 1. The third-order valence-electron chi connectivity index (χ3n) is 3.74. The topological polar surface area (TPSA) is 82.3 Å². The van der Waals surface area contributed by atoms with E-state index in [1.54, 1.807) is 32.5 Å². The molecule has 134 valence electrons. The molecule has 7 nitrogen and oxygen atoms in total. The van der Waals surface area contributed by atoms with Crippen LogP contribution in [0.25, 0.3) is 5.69 Å². The molecule has 2 aromatic rings. The van der Waals surface area contributed by atoms with E-state index in [1.807, 2.05) is 30.3 Å². The van der Waals surface area contributed by atoms with Crippen LogP contribution in [-0.2, 0) is 21.4 Å². The number of esters is 1. The van der Waals surface area contributed by atoms with Crippen molar-refractivity contribution >= 4 is 17.6 Å². The van der Waals surface area contributed by atoms with Crippen LogP contribution < -0.4 is 10.9 Å². The van der Waals surface area contributed by atoms with Crippen molar-refractivity contribution in [1.82, 2.24) is 9.36 Å². The number of benzene rings is 1. The summed E-state index contributed by atoms with van der Waals surface area (Å²) >= 11 is 0. The molecule has 7 heteroatoms. The van der Waals surface area contributed by atoms with E-state index in [2.05, 4.69) is 5.32 Å². The second-order valence-corrected chi connectivity index (χ2v) is 6.02. The maximum Gasteiger partial charge on any atom is 0.306 e. The van der Waals surface area contributed by atoms with E-state index in [-0.39, 0.29) is 30.2 Å². The highest BCUT2D eigenvalue weighted by atomic mass is 16.5. The van der Waals surface area contributed by atoms with Crippen molar-refractivity contribution in [2.75, 3.05) is 5.32 Å². The first-order valence-electron chi connectivity index (χ1n) is 8.14. The molecule has 0 saturated heterocycles. The fourth-order valence-electron chi connectivity index (χ4n) is 2.45. The Bertz CT molecular complexity index is 819. The normalized spacial score (nSPS) is 10.8. The third-order valence-corrected chi connectivity index (χ3v) is 3.74. The number of aromatic nitrogens is 2. The number of amides is 1. The van der Waals surface area contributed by atoms with Crippen molar-refractivity contribution in [3.05, 3.63) is 46.4 Å². The molecular formula is C18H23N3O4. The molecule has 0 radical (unpaired) electrons. The summed E-state index contributed by atoms with van der Waals surface area (Å²) in [5, 5.41) is 2.62. The monoisotopic (exact) mass is 345 g/mol. The van der Waals surface area contributed by atoms with Gasteiger partial charge in [-0.3, -0.25) is 19.1 Å². The lowest BCUT2D eigenvalue weighted by atomic mass is 10.3. The fraction of sp³-hybridized carbons (Fsp3) is 0.389. The Labute approximate surface area is 146 Å². The SMILES string of the molecule is Cc1c(NC(=O)CCC(=O)OC(C)C)c(=O)n(-c2ccccc2)n1C. The van der Waals surface area contributed by atoms with Gasteiger partial charge in [0.2, 0.25) is 5.91 Å². The summed E-state index contributed by atoms with van der Waals surface area (Å²) in [4.78, 5) is 36.3. The number of nitrogens with one attached hydrogen (secondary N) is 1. The Hall–Kier alpha value is -2.83. The first-order chi connectivity index (χ1) is 11.8. The highest BCUT2D eigenvalue weighted by molar-refractivity contribution is 5.93. The van der Waals surface area contributed by atoms with Crippen molar-refractivity contribution in [3.63, 3.8) is 0 Å². The predicted octanol–water partition coefficient (Wildman–Crippen LogP) is 2.15. The zero-order valence-electron chi connectivity index (χ0n) is 14.9. The lowest BCUT2D eigenvalue weighted by Gasteiger charge is -2.08. The zero-order valence-corrected chi connectivity index (χ0v) is 14.9. The van der Waals surface area contributed by atoms with Gasteiger partial charge in [0.15, 0.2) is 0 Å². The van der Waals surface area contributed by atoms with Gasteiger partial charge in [-0.05, 0) is 32.9 Å². The molecular weight excluding hydrogens is 322 g/mol. The molecule has 25 heavy (non-hydrogen) atoms. The Morgan fingerprint density at radius 2 is 1.80 bits per heavy atom. The first kappa shape index (κ1) is 18.5. The molecule has 0 aliphatic carbocycles. The van der Waals surface area contributed by atoms with Crippen LogP contribution in [0.1, 0.15) is 32.4 Å². The van der Waals surface area contributed by atoms with E-state index in [0.29, 0.717) is 11.4 Å².